The molecule has 5 heteroatoms. The molecule has 20 heavy (non-hydrogen) atoms. The van der Waals surface area contributed by atoms with E-state index >= 15 is 0 Å². The quantitative estimate of drug-likeness (QED) is 0.779. The predicted octanol–water partition coefficient (Wildman–Crippen LogP) is 4.38. The number of hydrogen-bond donors (Lipinski definition) is 0. The average molecular weight is 337 g/mol. The van der Waals surface area contributed by atoms with Gasteiger partial charge in [0, 0.05) is 11.8 Å². The van der Waals surface area contributed by atoms with E-state index in [-0.39, 0.29) is 5.82 Å². The number of rotatable bonds is 3. The van der Waals surface area contributed by atoms with Gasteiger partial charge in [0.15, 0.2) is 6.29 Å². The molecule has 1 aromatic carbocycles. The highest BCUT2D eigenvalue weighted by molar-refractivity contribution is 9.10. The van der Waals surface area contributed by atoms with Crippen molar-refractivity contribution in [1.29, 1.82) is 0 Å². The molecule has 1 heterocycles. The van der Waals surface area contributed by atoms with E-state index in [1.54, 1.807) is 18.3 Å². The van der Waals surface area contributed by atoms with Crippen LogP contribution in [0.5, 0.6) is 0 Å². The number of benzene rings is 1. The Kier molecular flexibility index (Phi) is 3.70. The van der Waals surface area contributed by atoms with Crippen molar-refractivity contribution in [2.45, 2.75) is 31.7 Å². The maximum Gasteiger partial charge on any atom is 0.153 e. The zero-order chi connectivity index (χ0) is 14.1. The summed E-state index contributed by atoms with van der Waals surface area (Å²) < 4.78 is 15.6. The molecule has 0 unspecified atom stereocenters. The van der Waals surface area contributed by atoms with Gasteiger partial charge in [-0.3, -0.25) is 9.48 Å². The molecule has 0 aliphatic heterocycles. The van der Waals surface area contributed by atoms with Crippen molar-refractivity contribution < 1.29 is 9.18 Å². The van der Waals surface area contributed by atoms with E-state index in [0.717, 1.165) is 24.7 Å². The topological polar surface area (TPSA) is 34.9 Å². The lowest BCUT2D eigenvalue weighted by Crippen LogP contribution is -2.04. The van der Waals surface area contributed by atoms with Gasteiger partial charge in [0.25, 0.3) is 0 Å². The van der Waals surface area contributed by atoms with Crippen LogP contribution in [0.1, 0.15) is 42.1 Å². The van der Waals surface area contributed by atoms with Crippen molar-refractivity contribution in [2.75, 3.05) is 0 Å². The van der Waals surface area contributed by atoms with Crippen LogP contribution in [0, 0.1) is 5.82 Å². The lowest BCUT2D eigenvalue weighted by Gasteiger charge is -2.08. The maximum absolute atomic E-state index is 13.3. The molecule has 0 saturated heterocycles. The molecule has 1 aromatic heterocycles. The van der Waals surface area contributed by atoms with Crippen LogP contribution in [0.25, 0.3) is 11.3 Å². The molecule has 0 spiro atoms. The van der Waals surface area contributed by atoms with Gasteiger partial charge in [0.1, 0.15) is 11.5 Å². The van der Waals surface area contributed by atoms with Crippen molar-refractivity contribution in [3.05, 3.63) is 40.2 Å². The third-order valence-electron chi connectivity index (χ3n) is 3.78. The van der Waals surface area contributed by atoms with Gasteiger partial charge in [-0.2, -0.15) is 5.10 Å². The summed E-state index contributed by atoms with van der Waals surface area (Å²) in [6.45, 7) is 0. The molecule has 3 nitrogen and oxygen atoms in total. The molecule has 0 N–H and O–H groups in total. The SMILES string of the molecule is O=Cc1cn(C2CCCC2)nc1-c1ccc(F)c(Br)c1. The molecule has 1 saturated carbocycles. The second-order valence-electron chi connectivity index (χ2n) is 5.10. The molecule has 3 rings (SSSR count). The Hall–Kier alpha value is -1.49. The van der Waals surface area contributed by atoms with Crippen molar-refractivity contribution >= 4 is 22.2 Å². The molecule has 0 atom stereocenters. The zero-order valence-electron chi connectivity index (χ0n) is 10.9. The fourth-order valence-electron chi connectivity index (χ4n) is 2.72. The number of carbonyl (C=O) groups is 1. The third kappa shape index (κ3) is 2.42. The molecular weight excluding hydrogens is 323 g/mol. The minimum Gasteiger partial charge on any atom is -0.298 e. The van der Waals surface area contributed by atoms with Crippen molar-refractivity contribution in [2.24, 2.45) is 0 Å². The van der Waals surface area contributed by atoms with E-state index < -0.39 is 0 Å². The molecule has 0 radical (unpaired) electrons. The van der Waals surface area contributed by atoms with Gasteiger partial charge in [-0.25, -0.2) is 4.39 Å². The van der Waals surface area contributed by atoms with Gasteiger partial charge in [-0.05, 0) is 47.0 Å². The Labute approximate surface area is 124 Å². The Bertz CT molecular complexity index is 647. The van der Waals surface area contributed by atoms with Crippen molar-refractivity contribution in [3.63, 3.8) is 0 Å². The zero-order valence-corrected chi connectivity index (χ0v) is 12.4. The molecular formula is C15H14BrFN2O. The summed E-state index contributed by atoms with van der Waals surface area (Å²) in [6, 6.07) is 5.06. The average Bonchev–Trinajstić information content (AvgIpc) is 3.09. The summed E-state index contributed by atoms with van der Waals surface area (Å²) in [7, 11) is 0. The first kappa shape index (κ1) is 13.5. The van der Waals surface area contributed by atoms with Gasteiger partial charge in [-0.15, -0.1) is 0 Å². The number of aldehydes is 1. The van der Waals surface area contributed by atoms with E-state index in [1.807, 2.05) is 4.68 Å². The molecule has 1 aliphatic rings. The smallest absolute Gasteiger partial charge is 0.153 e. The monoisotopic (exact) mass is 336 g/mol. The van der Waals surface area contributed by atoms with Gasteiger partial charge in [0.2, 0.25) is 0 Å². The maximum atomic E-state index is 13.3. The molecule has 104 valence electrons. The first-order valence-corrected chi connectivity index (χ1v) is 7.48. The van der Waals surface area contributed by atoms with Crippen LogP contribution in [0.2, 0.25) is 0 Å². The molecule has 1 fully saturated rings. The van der Waals surface area contributed by atoms with Crippen LogP contribution in [-0.2, 0) is 0 Å². The fraction of sp³-hybridized carbons (Fsp3) is 0.333. The van der Waals surface area contributed by atoms with Crippen LogP contribution < -0.4 is 0 Å². The van der Waals surface area contributed by atoms with E-state index in [9.17, 15) is 9.18 Å². The van der Waals surface area contributed by atoms with Crippen molar-refractivity contribution in [3.8, 4) is 11.3 Å². The number of carbonyl (C=O) groups excluding carboxylic acids is 1. The van der Waals surface area contributed by atoms with E-state index in [1.165, 1.54) is 18.9 Å². The van der Waals surface area contributed by atoms with E-state index in [0.29, 0.717) is 21.8 Å². The molecule has 2 aromatic rings. The van der Waals surface area contributed by atoms with Crippen LogP contribution in [0.3, 0.4) is 0 Å². The van der Waals surface area contributed by atoms with Gasteiger partial charge in [0.05, 0.1) is 16.1 Å². The highest BCUT2D eigenvalue weighted by Crippen LogP contribution is 2.32. The lowest BCUT2D eigenvalue weighted by molar-refractivity contribution is 0.112. The van der Waals surface area contributed by atoms with Crippen LogP contribution in [0.4, 0.5) is 4.39 Å². The normalized spacial score (nSPS) is 15.7. The summed E-state index contributed by atoms with van der Waals surface area (Å²) in [5, 5.41) is 4.55. The minimum absolute atomic E-state index is 0.323. The highest BCUT2D eigenvalue weighted by atomic mass is 79.9. The summed E-state index contributed by atoms with van der Waals surface area (Å²) >= 11 is 3.16. The first-order chi connectivity index (χ1) is 9.69. The lowest BCUT2D eigenvalue weighted by atomic mass is 10.1. The summed E-state index contributed by atoms with van der Waals surface area (Å²) in [5.74, 6) is -0.323. The molecule has 0 amide bonds. The summed E-state index contributed by atoms with van der Waals surface area (Å²) in [6.07, 6.45) is 7.23. The fourth-order valence-corrected chi connectivity index (χ4v) is 3.09. The van der Waals surface area contributed by atoms with Crippen LogP contribution >= 0.6 is 15.9 Å². The standard InChI is InChI=1S/C15H14BrFN2O/c16-13-7-10(5-6-14(13)17)15-11(9-20)8-19(18-15)12-3-1-2-4-12/h5-9,12H,1-4H2. The van der Waals surface area contributed by atoms with Crippen LogP contribution in [-0.4, -0.2) is 16.1 Å². The van der Waals surface area contributed by atoms with Gasteiger partial charge >= 0.3 is 0 Å². The van der Waals surface area contributed by atoms with E-state index in [2.05, 4.69) is 21.0 Å². The van der Waals surface area contributed by atoms with Gasteiger partial charge in [-0.1, -0.05) is 12.8 Å². The summed E-state index contributed by atoms with van der Waals surface area (Å²) in [4.78, 5) is 11.2. The second kappa shape index (κ2) is 5.48. The molecule has 1 aliphatic carbocycles. The van der Waals surface area contributed by atoms with E-state index in [4.69, 9.17) is 0 Å². The first-order valence-electron chi connectivity index (χ1n) is 6.69. The largest absolute Gasteiger partial charge is 0.298 e. The summed E-state index contributed by atoms with van der Waals surface area (Å²) in [5.41, 5.74) is 1.92. The predicted molar refractivity (Wildman–Crippen MR) is 78.2 cm³/mol. The number of hydrogen-bond acceptors (Lipinski definition) is 2. The van der Waals surface area contributed by atoms with Crippen LogP contribution in [0.15, 0.2) is 28.9 Å². The minimum atomic E-state index is -0.323. The second-order valence-corrected chi connectivity index (χ2v) is 5.95. The highest BCUT2D eigenvalue weighted by Gasteiger charge is 2.20. The number of nitrogens with zero attached hydrogens (tertiary/aromatic N) is 2. The number of aromatic nitrogens is 2. The van der Waals surface area contributed by atoms with Gasteiger partial charge < -0.3 is 0 Å². The Morgan fingerprint density at radius 1 is 1.35 bits per heavy atom. The Morgan fingerprint density at radius 2 is 2.10 bits per heavy atom. The van der Waals surface area contributed by atoms with Crippen molar-refractivity contribution in [1.82, 2.24) is 9.78 Å². The Morgan fingerprint density at radius 3 is 2.75 bits per heavy atom. The molecule has 0 bridgehead atoms. The Balaban J connectivity index is 2.03. The third-order valence-corrected chi connectivity index (χ3v) is 4.39. The number of halogens is 2.